The molecular formula is C19H22N4O3S. The third kappa shape index (κ3) is 4.53. The van der Waals surface area contributed by atoms with Crippen molar-refractivity contribution in [3.8, 4) is 0 Å². The van der Waals surface area contributed by atoms with Crippen LogP contribution < -0.4 is 10.0 Å². The van der Waals surface area contributed by atoms with Crippen molar-refractivity contribution < 1.29 is 13.2 Å². The van der Waals surface area contributed by atoms with E-state index in [1.165, 1.54) is 24.3 Å². The lowest BCUT2D eigenvalue weighted by Crippen LogP contribution is -2.26. The summed E-state index contributed by atoms with van der Waals surface area (Å²) in [5.74, 6) is -0.224. The van der Waals surface area contributed by atoms with Gasteiger partial charge >= 0.3 is 0 Å². The van der Waals surface area contributed by atoms with E-state index in [-0.39, 0.29) is 10.8 Å². The van der Waals surface area contributed by atoms with Gasteiger partial charge < -0.3 is 9.88 Å². The van der Waals surface area contributed by atoms with Crippen molar-refractivity contribution in [2.45, 2.75) is 24.8 Å². The molecule has 0 atom stereocenters. The van der Waals surface area contributed by atoms with Gasteiger partial charge in [-0.3, -0.25) is 4.79 Å². The van der Waals surface area contributed by atoms with Crippen LogP contribution in [0.4, 0.5) is 0 Å². The van der Waals surface area contributed by atoms with Gasteiger partial charge in [0.05, 0.1) is 22.3 Å². The predicted molar refractivity (Wildman–Crippen MR) is 104 cm³/mol. The minimum atomic E-state index is -3.51. The molecule has 0 unspecified atom stereocenters. The van der Waals surface area contributed by atoms with Crippen molar-refractivity contribution >= 4 is 27.0 Å². The number of amides is 1. The van der Waals surface area contributed by atoms with Crippen LogP contribution in [-0.2, 0) is 16.6 Å². The second kappa shape index (κ2) is 8.32. The van der Waals surface area contributed by atoms with Crippen LogP contribution in [0.5, 0.6) is 0 Å². The van der Waals surface area contributed by atoms with Gasteiger partial charge in [0.15, 0.2) is 0 Å². The molecule has 3 aromatic rings. The maximum atomic E-state index is 12.2. The zero-order valence-electron chi connectivity index (χ0n) is 15.1. The molecule has 3 rings (SSSR count). The summed E-state index contributed by atoms with van der Waals surface area (Å²) in [5.41, 5.74) is 2.45. The van der Waals surface area contributed by atoms with E-state index in [1.54, 1.807) is 13.3 Å². The third-order valence-corrected chi connectivity index (χ3v) is 5.71. The Morgan fingerprint density at radius 1 is 1.11 bits per heavy atom. The highest BCUT2D eigenvalue weighted by Gasteiger charge is 2.13. The van der Waals surface area contributed by atoms with Gasteiger partial charge in [-0.1, -0.05) is 19.1 Å². The maximum Gasteiger partial charge on any atom is 0.251 e. The largest absolute Gasteiger partial charge is 0.352 e. The van der Waals surface area contributed by atoms with Crippen molar-refractivity contribution in [3.05, 3.63) is 60.4 Å². The number of rotatable bonds is 8. The molecule has 0 spiro atoms. The second-order valence-electron chi connectivity index (χ2n) is 6.06. The SMILES string of the molecule is CCNS(=O)(=O)c1ccc(C(=O)NCCCn2cnc3ccccc32)cc1. The standard InChI is InChI=1S/C19H22N4O3S/c1-2-22-27(25,26)16-10-8-15(9-11-16)19(24)20-12-5-13-23-14-21-17-6-3-4-7-18(17)23/h3-4,6-11,14,22H,2,5,12-13H2,1H3,(H,20,24). The lowest BCUT2D eigenvalue weighted by Gasteiger charge is -2.08. The highest BCUT2D eigenvalue weighted by molar-refractivity contribution is 7.89. The summed E-state index contributed by atoms with van der Waals surface area (Å²) < 4.78 is 28.3. The average Bonchev–Trinajstić information content (AvgIpc) is 3.08. The number of aromatic nitrogens is 2. The molecule has 0 bridgehead atoms. The molecule has 0 fully saturated rings. The quantitative estimate of drug-likeness (QED) is 0.580. The first-order valence-corrected chi connectivity index (χ1v) is 10.3. The van der Waals surface area contributed by atoms with Gasteiger partial charge in [0.1, 0.15) is 0 Å². The second-order valence-corrected chi connectivity index (χ2v) is 7.83. The zero-order chi connectivity index (χ0) is 19.3. The topological polar surface area (TPSA) is 93.1 Å². The van der Waals surface area contributed by atoms with Crippen molar-refractivity contribution in [1.29, 1.82) is 0 Å². The minimum absolute atomic E-state index is 0.146. The minimum Gasteiger partial charge on any atom is -0.352 e. The molecular weight excluding hydrogens is 364 g/mol. The van der Waals surface area contributed by atoms with Crippen LogP contribution in [0.15, 0.2) is 59.8 Å². The molecule has 1 amide bonds. The van der Waals surface area contributed by atoms with Crippen LogP contribution in [0.25, 0.3) is 11.0 Å². The maximum absolute atomic E-state index is 12.2. The molecule has 8 heteroatoms. The number of nitrogens with one attached hydrogen (secondary N) is 2. The van der Waals surface area contributed by atoms with Crippen molar-refractivity contribution in [2.24, 2.45) is 0 Å². The van der Waals surface area contributed by atoms with Crippen LogP contribution in [0.1, 0.15) is 23.7 Å². The lowest BCUT2D eigenvalue weighted by molar-refractivity contribution is 0.0952. The number of carbonyl (C=O) groups is 1. The van der Waals surface area contributed by atoms with Crippen LogP contribution in [-0.4, -0.2) is 37.0 Å². The van der Waals surface area contributed by atoms with E-state index in [0.717, 1.165) is 24.0 Å². The molecule has 0 aliphatic rings. The highest BCUT2D eigenvalue weighted by atomic mass is 32.2. The molecule has 0 aliphatic heterocycles. The Kier molecular flexibility index (Phi) is 5.88. The van der Waals surface area contributed by atoms with E-state index in [0.29, 0.717) is 18.7 Å². The molecule has 0 aliphatic carbocycles. The molecule has 0 radical (unpaired) electrons. The number of sulfonamides is 1. The first-order chi connectivity index (χ1) is 13.0. The molecule has 1 aromatic heterocycles. The fourth-order valence-corrected chi connectivity index (χ4v) is 3.84. The Labute approximate surface area is 158 Å². The molecule has 7 nitrogen and oxygen atoms in total. The fourth-order valence-electron chi connectivity index (χ4n) is 2.80. The van der Waals surface area contributed by atoms with E-state index < -0.39 is 10.0 Å². The predicted octanol–water partition coefficient (Wildman–Crippen LogP) is 2.15. The molecule has 2 aromatic carbocycles. The summed E-state index contributed by atoms with van der Waals surface area (Å²) in [7, 11) is -3.51. The van der Waals surface area contributed by atoms with Crippen LogP contribution in [0.3, 0.4) is 0 Å². The molecule has 0 saturated heterocycles. The smallest absolute Gasteiger partial charge is 0.251 e. The van der Waals surface area contributed by atoms with Gasteiger partial charge in [-0.25, -0.2) is 18.1 Å². The van der Waals surface area contributed by atoms with Gasteiger partial charge in [0, 0.05) is 25.2 Å². The van der Waals surface area contributed by atoms with E-state index in [2.05, 4.69) is 19.6 Å². The number of imidazole rings is 1. The molecule has 1 heterocycles. The van der Waals surface area contributed by atoms with Gasteiger partial charge in [-0.2, -0.15) is 0 Å². The van der Waals surface area contributed by atoms with E-state index in [4.69, 9.17) is 0 Å². The van der Waals surface area contributed by atoms with Gasteiger partial charge in [-0.15, -0.1) is 0 Å². The first-order valence-electron chi connectivity index (χ1n) is 8.79. The fraction of sp³-hybridized carbons (Fsp3) is 0.263. The summed E-state index contributed by atoms with van der Waals surface area (Å²) >= 11 is 0. The number of benzene rings is 2. The molecule has 142 valence electrons. The number of hydrogen-bond donors (Lipinski definition) is 2. The van der Waals surface area contributed by atoms with Crippen LogP contribution >= 0.6 is 0 Å². The molecule has 0 saturated carbocycles. The monoisotopic (exact) mass is 386 g/mol. The third-order valence-electron chi connectivity index (χ3n) is 4.15. The lowest BCUT2D eigenvalue weighted by atomic mass is 10.2. The number of fused-ring (bicyclic) bond motifs is 1. The average molecular weight is 386 g/mol. The molecule has 2 N–H and O–H groups in total. The number of aryl methyl sites for hydroxylation is 1. The zero-order valence-corrected chi connectivity index (χ0v) is 15.9. The van der Waals surface area contributed by atoms with E-state index in [9.17, 15) is 13.2 Å². The Hall–Kier alpha value is -2.71. The summed E-state index contributed by atoms with van der Waals surface area (Å²) in [6.07, 6.45) is 2.56. The van der Waals surface area contributed by atoms with Crippen molar-refractivity contribution in [2.75, 3.05) is 13.1 Å². The number of nitrogens with zero attached hydrogens (tertiary/aromatic N) is 2. The van der Waals surface area contributed by atoms with Crippen molar-refractivity contribution in [3.63, 3.8) is 0 Å². The summed E-state index contributed by atoms with van der Waals surface area (Å²) in [5, 5.41) is 2.86. The number of hydrogen-bond acceptors (Lipinski definition) is 4. The Balaban J connectivity index is 1.52. The van der Waals surface area contributed by atoms with Gasteiger partial charge in [0.2, 0.25) is 10.0 Å². The Morgan fingerprint density at radius 3 is 2.59 bits per heavy atom. The van der Waals surface area contributed by atoms with E-state index >= 15 is 0 Å². The van der Waals surface area contributed by atoms with Crippen LogP contribution in [0.2, 0.25) is 0 Å². The summed E-state index contributed by atoms with van der Waals surface area (Å²) in [4.78, 5) is 16.7. The number of para-hydroxylation sites is 2. The molecule has 27 heavy (non-hydrogen) atoms. The van der Waals surface area contributed by atoms with Gasteiger partial charge in [0.25, 0.3) is 5.91 Å². The number of carbonyl (C=O) groups excluding carboxylic acids is 1. The summed E-state index contributed by atoms with van der Waals surface area (Å²) in [6.45, 7) is 3.30. The van der Waals surface area contributed by atoms with Crippen LogP contribution in [0, 0.1) is 0 Å². The van der Waals surface area contributed by atoms with Gasteiger partial charge in [-0.05, 0) is 42.8 Å². The Bertz CT molecular complexity index is 1030. The van der Waals surface area contributed by atoms with E-state index in [1.807, 2.05) is 24.3 Å². The van der Waals surface area contributed by atoms with Crippen molar-refractivity contribution in [1.82, 2.24) is 19.6 Å². The summed E-state index contributed by atoms with van der Waals surface area (Å²) in [6, 6.07) is 13.8. The highest BCUT2D eigenvalue weighted by Crippen LogP contribution is 2.12. The first kappa shape index (κ1) is 19.1. The normalized spacial score (nSPS) is 11.6. The Morgan fingerprint density at radius 2 is 1.85 bits per heavy atom.